The molecular weight excluding hydrogens is 498 g/mol. The van der Waals surface area contributed by atoms with Gasteiger partial charge in [0.15, 0.2) is 17.5 Å². The summed E-state index contributed by atoms with van der Waals surface area (Å²) in [5, 5.41) is 6.28. The molecule has 0 aliphatic heterocycles. The molecule has 0 unspecified atom stereocenters. The molecule has 9 heteroatoms. The molecule has 0 aromatic heterocycles. The summed E-state index contributed by atoms with van der Waals surface area (Å²) in [6, 6.07) is 11.2. The summed E-state index contributed by atoms with van der Waals surface area (Å²) in [6.45, 7) is 0.491. The lowest BCUT2D eigenvalue weighted by Crippen LogP contribution is -2.38. The van der Waals surface area contributed by atoms with Crippen molar-refractivity contribution in [2.75, 3.05) is 20.2 Å². The zero-order chi connectivity index (χ0) is 20.4. The van der Waals surface area contributed by atoms with E-state index in [0.29, 0.717) is 31.0 Å². The fourth-order valence-electron chi connectivity index (χ4n) is 2.54. The van der Waals surface area contributed by atoms with Crippen LogP contribution in [-0.2, 0) is 13.0 Å². The maximum atomic E-state index is 13.2. The molecule has 2 aromatic rings. The zero-order valence-electron chi connectivity index (χ0n) is 16.3. The second-order valence-electron chi connectivity index (χ2n) is 5.87. The molecule has 0 bridgehead atoms. The molecule has 0 saturated carbocycles. The van der Waals surface area contributed by atoms with E-state index in [9.17, 15) is 13.2 Å². The molecule has 0 atom stereocenters. The number of alkyl halides is 2. The van der Waals surface area contributed by atoms with Crippen molar-refractivity contribution in [2.24, 2.45) is 4.99 Å². The van der Waals surface area contributed by atoms with Gasteiger partial charge in [0.25, 0.3) is 0 Å². The maximum Gasteiger partial charge on any atom is 0.387 e. The van der Waals surface area contributed by atoms with Gasteiger partial charge < -0.3 is 20.1 Å². The number of benzene rings is 2. The van der Waals surface area contributed by atoms with Gasteiger partial charge in [0.1, 0.15) is 5.82 Å². The topological polar surface area (TPSA) is 54.9 Å². The van der Waals surface area contributed by atoms with Crippen LogP contribution in [0.4, 0.5) is 13.2 Å². The van der Waals surface area contributed by atoms with Crippen molar-refractivity contribution >= 4 is 29.9 Å². The van der Waals surface area contributed by atoms with Gasteiger partial charge in [-0.2, -0.15) is 8.78 Å². The predicted octanol–water partition coefficient (Wildman–Crippen LogP) is 4.35. The molecule has 0 saturated heterocycles. The molecule has 0 radical (unpaired) electrons. The van der Waals surface area contributed by atoms with Crippen LogP contribution in [0.5, 0.6) is 11.5 Å². The Morgan fingerprint density at radius 1 is 1.07 bits per heavy atom. The third kappa shape index (κ3) is 8.80. The van der Waals surface area contributed by atoms with Crippen LogP contribution in [0.1, 0.15) is 18.1 Å². The summed E-state index contributed by atoms with van der Waals surface area (Å²) in [6.07, 6.45) is 0.636. The molecule has 0 spiro atoms. The first-order valence-electron chi connectivity index (χ1n) is 8.90. The summed E-state index contributed by atoms with van der Waals surface area (Å²) in [7, 11) is 1.39. The van der Waals surface area contributed by atoms with Gasteiger partial charge in [0.2, 0.25) is 0 Å². The second kappa shape index (κ2) is 13.1. The van der Waals surface area contributed by atoms with Crippen molar-refractivity contribution < 1.29 is 22.6 Å². The highest BCUT2D eigenvalue weighted by Crippen LogP contribution is 2.29. The Morgan fingerprint density at radius 3 is 2.52 bits per heavy atom. The van der Waals surface area contributed by atoms with E-state index in [-0.39, 0.29) is 47.8 Å². The lowest BCUT2D eigenvalue weighted by molar-refractivity contribution is -0.0512. The van der Waals surface area contributed by atoms with E-state index >= 15 is 0 Å². The molecule has 0 heterocycles. The average Bonchev–Trinajstić information content (AvgIpc) is 2.66. The van der Waals surface area contributed by atoms with Crippen molar-refractivity contribution in [3.8, 4) is 11.5 Å². The molecule has 2 rings (SSSR count). The van der Waals surface area contributed by atoms with Gasteiger partial charge in [-0.05, 0) is 48.7 Å². The van der Waals surface area contributed by atoms with Crippen molar-refractivity contribution in [2.45, 2.75) is 26.5 Å². The summed E-state index contributed by atoms with van der Waals surface area (Å²) in [5.41, 5.74) is 1.58. The minimum atomic E-state index is -2.94. The standard InChI is InChI=1S/C20H24F3N3O2.HI/c1-3-24-20(25-10-9-14-5-4-6-16(21)11-14)26-13-15-7-8-17(27-2)18(12-15)28-19(22)23;/h4-8,11-12,19H,3,9-10,13H2,1-2H3,(H2,24,25,26);1H. The quantitative estimate of drug-likeness (QED) is 0.292. The summed E-state index contributed by atoms with van der Waals surface area (Å²) < 4.78 is 47.8. The molecular formula is C20H25F3IN3O2. The van der Waals surface area contributed by atoms with Gasteiger partial charge in [-0.25, -0.2) is 9.38 Å². The van der Waals surface area contributed by atoms with Crippen molar-refractivity contribution in [1.82, 2.24) is 10.6 Å². The summed E-state index contributed by atoms with van der Waals surface area (Å²) in [5.74, 6) is 0.507. The number of hydrogen-bond donors (Lipinski definition) is 2. The average molecular weight is 523 g/mol. The van der Waals surface area contributed by atoms with Crippen LogP contribution >= 0.6 is 24.0 Å². The number of rotatable bonds is 9. The fraction of sp³-hybridized carbons (Fsp3) is 0.350. The normalized spacial score (nSPS) is 11.0. The first-order chi connectivity index (χ1) is 13.5. The predicted molar refractivity (Wildman–Crippen MR) is 118 cm³/mol. The van der Waals surface area contributed by atoms with Crippen LogP contribution < -0.4 is 20.1 Å². The summed E-state index contributed by atoms with van der Waals surface area (Å²) >= 11 is 0. The Balaban J connectivity index is 0.00000420. The number of halogens is 4. The molecule has 29 heavy (non-hydrogen) atoms. The van der Waals surface area contributed by atoms with Crippen LogP contribution in [0.25, 0.3) is 0 Å². The molecule has 0 aliphatic rings. The van der Waals surface area contributed by atoms with E-state index < -0.39 is 6.61 Å². The second-order valence-corrected chi connectivity index (χ2v) is 5.87. The maximum absolute atomic E-state index is 13.2. The van der Waals surface area contributed by atoms with Crippen molar-refractivity contribution in [1.29, 1.82) is 0 Å². The lowest BCUT2D eigenvalue weighted by Gasteiger charge is -2.13. The van der Waals surface area contributed by atoms with E-state index in [0.717, 1.165) is 5.56 Å². The van der Waals surface area contributed by atoms with Crippen LogP contribution in [0.15, 0.2) is 47.5 Å². The van der Waals surface area contributed by atoms with Gasteiger partial charge in [0, 0.05) is 13.1 Å². The molecule has 2 N–H and O–H groups in total. The fourth-order valence-corrected chi connectivity index (χ4v) is 2.54. The number of guanidine groups is 1. The van der Waals surface area contributed by atoms with E-state index in [4.69, 9.17) is 4.74 Å². The highest BCUT2D eigenvalue weighted by atomic mass is 127. The smallest absolute Gasteiger partial charge is 0.387 e. The Bertz CT molecular complexity index is 791. The Morgan fingerprint density at radius 2 is 1.86 bits per heavy atom. The van der Waals surface area contributed by atoms with Gasteiger partial charge >= 0.3 is 6.61 Å². The Hall–Kier alpha value is -2.17. The van der Waals surface area contributed by atoms with Crippen LogP contribution in [0.2, 0.25) is 0 Å². The van der Waals surface area contributed by atoms with Crippen LogP contribution in [0.3, 0.4) is 0 Å². The van der Waals surface area contributed by atoms with Crippen LogP contribution in [-0.4, -0.2) is 32.8 Å². The molecule has 0 aliphatic carbocycles. The van der Waals surface area contributed by atoms with Gasteiger partial charge in [-0.1, -0.05) is 18.2 Å². The zero-order valence-corrected chi connectivity index (χ0v) is 18.6. The highest BCUT2D eigenvalue weighted by Gasteiger charge is 2.11. The van der Waals surface area contributed by atoms with E-state index in [1.807, 2.05) is 13.0 Å². The van der Waals surface area contributed by atoms with E-state index in [2.05, 4.69) is 20.4 Å². The Labute approximate surface area is 185 Å². The molecule has 0 fully saturated rings. The van der Waals surface area contributed by atoms with Gasteiger partial charge in [-0.3, -0.25) is 0 Å². The monoisotopic (exact) mass is 523 g/mol. The molecule has 160 valence electrons. The third-order valence-corrected chi connectivity index (χ3v) is 3.80. The van der Waals surface area contributed by atoms with Gasteiger partial charge in [0.05, 0.1) is 13.7 Å². The SMILES string of the molecule is CCNC(=NCc1ccc(OC)c(OC(F)F)c1)NCCc1cccc(F)c1.I. The third-order valence-electron chi connectivity index (χ3n) is 3.80. The van der Waals surface area contributed by atoms with Gasteiger partial charge in [-0.15, -0.1) is 24.0 Å². The summed E-state index contributed by atoms with van der Waals surface area (Å²) in [4.78, 5) is 4.44. The number of hydrogen-bond acceptors (Lipinski definition) is 3. The first-order valence-corrected chi connectivity index (χ1v) is 8.90. The number of methoxy groups -OCH3 is 1. The molecule has 0 amide bonds. The van der Waals surface area contributed by atoms with E-state index in [1.165, 1.54) is 25.3 Å². The first kappa shape index (κ1) is 24.9. The lowest BCUT2D eigenvalue weighted by atomic mass is 10.1. The number of nitrogens with one attached hydrogen (secondary N) is 2. The molecule has 2 aromatic carbocycles. The minimum Gasteiger partial charge on any atom is -0.493 e. The van der Waals surface area contributed by atoms with E-state index in [1.54, 1.807) is 18.2 Å². The molecule has 5 nitrogen and oxygen atoms in total. The minimum absolute atomic E-state index is 0. The van der Waals surface area contributed by atoms with Crippen molar-refractivity contribution in [3.63, 3.8) is 0 Å². The van der Waals surface area contributed by atoms with Crippen LogP contribution in [0, 0.1) is 5.82 Å². The largest absolute Gasteiger partial charge is 0.493 e. The highest BCUT2D eigenvalue weighted by molar-refractivity contribution is 14.0. The van der Waals surface area contributed by atoms with Crippen molar-refractivity contribution in [3.05, 3.63) is 59.4 Å². The Kier molecular flexibility index (Phi) is 11.3. The number of ether oxygens (including phenoxy) is 2. The number of nitrogens with zero attached hydrogens (tertiary/aromatic N) is 1. The number of aliphatic imine (C=N–C) groups is 1.